The molecule has 0 unspecified atom stereocenters. The standard InChI is InChI=1S/C11H9NO3S/c1-12-10(9(7-13)16-11(12)14)15-8-5-3-2-4-6-8/h2-7H,1H3. The molecule has 82 valence electrons. The zero-order chi connectivity index (χ0) is 11.5. The van der Waals surface area contributed by atoms with Crippen LogP contribution < -0.4 is 9.61 Å². The molecule has 1 aromatic carbocycles. The molecule has 16 heavy (non-hydrogen) atoms. The molecule has 0 aliphatic heterocycles. The number of carbonyl (C=O) groups is 1. The van der Waals surface area contributed by atoms with Crippen LogP contribution in [0.3, 0.4) is 0 Å². The summed E-state index contributed by atoms with van der Waals surface area (Å²) in [5.41, 5.74) is 0. The lowest BCUT2D eigenvalue weighted by atomic mass is 10.3. The third-order valence-corrected chi connectivity index (χ3v) is 2.99. The van der Waals surface area contributed by atoms with Gasteiger partial charge in [-0.25, -0.2) is 0 Å². The second kappa shape index (κ2) is 4.32. The molecule has 0 amide bonds. The van der Waals surface area contributed by atoms with E-state index >= 15 is 0 Å². The summed E-state index contributed by atoms with van der Waals surface area (Å²) in [4.78, 5) is 22.2. The van der Waals surface area contributed by atoms with Gasteiger partial charge in [-0.15, -0.1) is 0 Å². The van der Waals surface area contributed by atoms with Gasteiger partial charge in [0.25, 0.3) is 0 Å². The highest BCUT2D eigenvalue weighted by Crippen LogP contribution is 2.24. The van der Waals surface area contributed by atoms with Crippen LogP contribution in [0, 0.1) is 0 Å². The zero-order valence-corrected chi connectivity index (χ0v) is 9.36. The van der Waals surface area contributed by atoms with E-state index in [1.54, 1.807) is 19.2 Å². The van der Waals surface area contributed by atoms with Crippen LogP contribution in [-0.4, -0.2) is 10.9 Å². The Morgan fingerprint density at radius 1 is 1.31 bits per heavy atom. The van der Waals surface area contributed by atoms with Crippen LogP contribution in [0.5, 0.6) is 11.6 Å². The molecular formula is C11H9NO3S. The average Bonchev–Trinajstić information content (AvgIpc) is 2.58. The van der Waals surface area contributed by atoms with Gasteiger partial charge < -0.3 is 4.74 Å². The summed E-state index contributed by atoms with van der Waals surface area (Å²) < 4.78 is 6.81. The maximum absolute atomic E-state index is 11.4. The number of nitrogens with zero attached hydrogens (tertiary/aromatic N) is 1. The van der Waals surface area contributed by atoms with Gasteiger partial charge in [-0.05, 0) is 12.1 Å². The monoisotopic (exact) mass is 235 g/mol. The Balaban J connectivity index is 2.42. The van der Waals surface area contributed by atoms with E-state index in [-0.39, 0.29) is 10.8 Å². The third-order valence-electron chi connectivity index (χ3n) is 2.05. The Kier molecular flexibility index (Phi) is 2.87. The lowest BCUT2D eigenvalue weighted by Gasteiger charge is -2.05. The van der Waals surface area contributed by atoms with Crippen molar-refractivity contribution in [2.75, 3.05) is 0 Å². The first-order chi connectivity index (χ1) is 7.72. The van der Waals surface area contributed by atoms with Crippen molar-refractivity contribution in [3.8, 4) is 11.6 Å². The Hall–Kier alpha value is -1.88. The minimum atomic E-state index is -0.215. The molecule has 0 spiro atoms. The number of hydrogen-bond donors (Lipinski definition) is 0. The molecule has 0 bridgehead atoms. The Morgan fingerprint density at radius 2 is 2.00 bits per heavy atom. The number of aromatic nitrogens is 1. The van der Waals surface area contributed by atoms with Gasteiger partial charge in [0.15, 0.2) is 6.29 Å². The summed E-state index contributed by atoms with van der Waals surface area (Å²) in [5.74, 6) is 0.884. The number of thiazole rings is 1. The first-order valence-electron chi connectivity index (χ1n) is 4.60. The van der Waals surface area contributed by atoms with Crippen molar-refractivity contribution in [1.82, 2.24) is 4.57 Å². The summed E-state index contributed by atoms with van der Waals surface area (Å²) in [6.07, 6.45) is 0.629. The average molecular weight is 235 g/mol. The molecule has 0 aliphatic carbocycles. The number of para-hydroxylation sites is 1. The highest BCUT2D eigenvalue weighted by atomic mass is 32.1. The SMILES string of the molecule is Cn1c(Oc2ccccc2)c(C=O)sc1=O. The number of hydrogen-bond acceptors (Lipinski definition) is 4. The zero-order valence-electron chi connectivity index (χ0n) is 8.54. The quantitative estimate of drug-likeness (QED) is 0.765. The third kappa shape index (κ3) is 1.90. The van der Waals surface area contributed by atoms with Crippen LogP contribution in [0.1, 0.15) is 9.67 Å². The van der Waals surface area contributed by atoms with Crippen LogP contribution in [0.15, 0.2) is 35.1 Å². The minimum absolute atomic E-state index is 0.215. The highest BCUT2D eigenvalue weighted by Gasteiger charge is 2.13. The van der Waals surface area contributed by atoms with Crippen molar-refractivity contribution < 1.29 is 9.53 Å². The van der Waals surface area contributed by atoms with Crippen LogP contribution >= 0.6 is 11.3 Å². The molecule has 0 saturated carbocycles. The van der Waals surface area contributed by atoms with E-state index in [0.717, 1.165) is 11.3 Å². The molecule has 0 fully saturated rings. The van der Waals surface area contributed by atoms with Crippen molar-refractivity contribution >= 4 is 17.6 Å². The predicted molar refractivity (Wildman–Crippen MR) is 61.5 cm³/mol. The summed E-state index contributed by atoms with van der Waals surface area (Å²) in [5, 5.41) is 0. The number of benzene rings is 1. The van der Waals surface area contributed by atoms with Crippen molar-refractivity contribution in [2.45, 2.75) is 0 Å². The van der Waals surface area contributed by atoms with Gasteiger partial charge in [-0.2, -0.15) is 0 Å². The maximum Gasteiger partial charge on any atom is 0.310 e. The van der Waals surface area contributed by atoms with E-state index in [1.165, 1.54) is 4.57 Å². The van der Waals surface area contributed by atoms with Gasteiger partial charge in [-0.1, -0.05) is 29.5 Å². The topological polar surface area (TPSA) is 48.3 Å². The van der Waals surface area contributed by atoms with E-state index in [1.807, 2.05) is 18.2 Å². The van der Waals surface area contributed by atoms with E-state index in [9.17, 15) is 9.59 Å². The lowest BCUT2D eigenvalue weighted by Crippen LogP contribution is -2.08. The van der Waals surface area contributed by atoms with Crippen molar-refractivity contribution in [2.24, 2.45) is 7.05 Å². The molecule has 0 radical (unpaired) electrons. The van der Waals surface area contributed by atoms with Gasteiger partial charge in [-0.3, -0.25) is 14.2 Å². The fourth-order valence-electron chi connectivity index (χ4n) is 1.25. The fourth-order valence-corrected chi connectivity index (χ4v) is 1.97. The molecular weight excluding hydrogens is 226 g/mol. The number of rotatable bonds is 3. The molecule has 1 heterocycles. The first-order valence-corrected chi connectivity index (χ1v) is 5.42. The summed E-state index contributed by atoms with van der Waals surface area (Å²) >= 11 is 0.875. The molecule has 0 aliphatic rings. The fraction of sp³-hybridized carbons (Fsp3) is 0.0909. The molecule has 2 aromatic rings. The van der Waals surface area contributed by atoms with Crippen LogP contribution in [-0.2, 0) is 7.05 Å². The van der Waals surface area contributed by atoms with E-state index in [2.05, 4.69) is 0 Å². The molecule has 5 heteroatoms. The Morgan fingerprint density at radius 3 is 2.62 bits per heavy atom. The maximum atomic E-state index is 11.4. The molecule has 1 aromatic heterocycles. The van der Waals surface area contributed by atoms with Crippen molar-refractivity contribution in [3.63, 3.8) is 0 Å². The minimum Gasteiger partial charge on any atom is -0.439 e. The summed E-state index contributed by atoms with van der Waals surface area (Å²) in [6, 6.07) is 9.02. The molecule has 0 N–H and O–H groups in total. The Bertz CT molecular complexity index is 556. The lowest BCUT2D eigenvalue weighted by molar-refractivity contribution is 0.112. The van der Waals surface area contributed by atoms with Crippen LogP contribution in [0.2, 0.25) is 0 Å². The van der Waals surface area contributed by atoms with Gasteiger partial charge in [0.2, 0.25) is 5.88 Å². The number of carbonyl (C=O) groups excluding carboxylic acids is 1. The largest absolute Gasteiger partial charge is 0.439 e. The number of aldehydes is 1. The first kappa shape index (κ1) is 10.6. The van der Waals surface area contributed by atoms with Crippen molar-refractivity contribution in [1.29, 1.82) is 0 Å². The second-order valence-electron chi connectivity index (χ2n) is 3.13. The van der Waals surface area contributed by atoms with Gasteiger partial charge in [0.1, 0.15) is 10.6 Å². The summed E-state index contributed by atoms with van der Waals surface area (Å²) in [7, 11) is 1.57. The van der Waals surface area contributed by atoms with E-state index in [0.29, 0.717) is 16.9 Å². The highest BCUT2D eigenvalue weighted by molar-refractivity contribution is 7.11. The van der Waals surface area contributed by atoms with Gasteiger partial charge >= 0.3 is 4.87 Å². The molecule has 0 atom stereocenters. The van der Waals surface area contributed by atoms with Crippen LogP contribution in [0.25, 0.3) is 0 Å². The molecule has 2 rings (SSSR count). The predicted octanol–water partition coefficient (Wildman–Crippen LogP) is 2.05. The smallest absolute Gasteiger partial charge is 0.310 e. The number of ether oxygens (including phenoxy) is 1. The van der Waals surface area contributed by atoms with Crippen molar-refractivity contribution in [3.05, 3.63) is 44.9 Å². The normalized spacial score (nSPS) is 10.1. The van der Waals surface area contributed by atoms with E-state index in [4.69, 9.17) is 4.74 Å². The molecule has 4 nitrogen and oxygen atoms in total. The van der Waals surface area contributed by atoms with Crippen LogP contribution in [0.4, 0.5) is 0 Å². The van der Waals surface area contributed by atoms with Gasteiger partial charge in [0.05, 0.1) is 0 Å². The molecule has 0 saturated heterocycles. The van der Waals surface area contributed by atoms with E-state index < -0.39 is 0 Å². The second-order valence-corrected chi connectivity index (χ2v) is 4.12. The summed E-state index contributed by atoms with van der Waals surface area (Å²) in [6.45, 7) is 0. The Labute approximate surface area is 95.7 Å². The van der Waals surface area contributed by atoms with Gasteiger partial charge in [0, 0.05) is 7.05 Å².